The third kappa shape index (κ3) is 4.08. The predicted octanol–water partition coefficient (Wildman–Crippen LogP) is 3.20. The lowest BCUT2D eigenvalue weighted by atomic mass is 10.1. The zero-order valence-corrected chi connectivity index (χ0v) is 10.5. The monoisotopic (exact) mass is 208 g/mol. The summed E-state index contributed by atoms with van der Waals surface area (Å²) in [6.07, 6.45) is 7.03. The quantitative estimate of drug-likeness (QED) is 0.759. The molecule has 0 saturated carbocycles. The summed E-state index contributed by atoms with van der Waals surface area (Å²) in [5.41, 5.74) is 1.38. The molecule has 86 valence electrons. The van der Waals surface area contributed by atoms with E-state index in [1.165, 1.54) is 18.4 Å². The highest BCUT2D eigenvalue weighted by Crippen LogP contribution is 2.13. The number of hydrogen-bond acceptors (Lipinski definition) is 1. The number of rotatable bonds is 6. The van der Waals surface area contributed by atoms with Crippen molar-refractivity contribution in [1.82, 2.24) is 9.88 Å². The Morgan fingerprint density at radius 1 is 1.33 bits per heavy atom. The van der Waals surface area contributed by atoms with E-state index in [-0.39, 0.29) is 0 Å². The van der Waals surface area contributed by atoms with Crippen molar-refractivity contribution in [1.29, 1.82) is 0 Å². The molecule has 0 aliphatic carbocycles. The molecule has 0 spiro atoms. The van der Waals surface area contributed by atoms with Gasteiger partial charge in [-0.1, -0.05) is 13.8 Å². The molecule has 1 unspecified atom stereocenters. The smallest absolute Gasteiger partial charge is 0.0304 e. The van der Waals surface area contributed by atoms with Crippen LogP contribution in [-0.4, -0.2) is 11.6 Å². The Morgan fingerprint density at radius 3 is 2.67 bits per heavy atom. The van der Waals surface area contributed by atoms with Crippen LogP contribution in [0.4, 0.5) is 0 Å². The van der Waals surface area contributed by atoms with Crippen LogP contribution in [0.25, 0.3) is 0 Å². The average molecular weight is 208 g/mol. The van der Waals surface area contributed by atoms with Crippen molar-refractivity contribution in [3.8, 4) is 0 Å². The van der Waals surface area contributed by atoms with Crippen molar-refractivity contribution in [2.45, 2.75) is 46.2 Å². The minimum atomic E-state index is 0.455. The molecular formula is C13H24N2. The summed E-state index contributed by atoms with van der Waals surface area (Å²) in [7, 11) is 2.00. The first kappa shape index (κ1) is 12.3. The first-order valence-electron chi connectivity index (χ1n) is 5.96. The summed E-state index contributed by atoms with van der Waals surface area (Å²) in [6, 6.07) is 2.66. The van der Waals surface area contributed by atoms with E-state index in [2.05, 4.69) is 49.1 Å². The standard InChI is InChI=1S/C13H24N2/c1-11(2)6-5-8-15-9-7-13(10-15)12(3)14-4/h7,9-12,14H,5-6,8H2,1-4H3. The fraction of sp³-hybridized carbons (Fsp3) is 0.692. The van der Waals surface area contributed by atoms with E-state index in [9.17, 15) is 0 Å². The van der Waals surface area contributed by atoms with Gasteiger partial charge in [-0.05, 0) is 44.4 Å². The third-order valence-corrected chi connectivity index (χ3v) is 2.90. The topological polar surface area (TPSA) is 17.0 Å². The number of aromatic nitrogens is 1. The van der Waals surface area contributed by atoms with E-state index >= 15 is 0 Å². The number of aryl methyl sites for hydroxylation is 1. The van der Waals surface area contributed by atoms with E-state index in [1.54, 1.807) is 0 Å². The maximum Gasteiger partial charge on any atom is 0.0304 e. The Hall–Kier alpha value is -0.760. The second kappa shape index (κ2) is 5.96. The highest BCUT2D eigenvalue weighted by atomic mass is 14.9. The van der Waals surface area contributed by atoms with Gasteiger partial charge in [-0.2, -0.15) is 0 Å². The predicted molar refractivity (Wildman–Crippen MR) is 66.0 cm³/mol. The first-order chi connectivity index (χ1) is 7.13. The third-order valence-electron chi connectivity index (χ3n) is 2.90. The van der Waals surface area contributed by atoms with Crippen LogP contribution >= 0.6 is 0 Å². The van der Waals surface area contributed by atoms with Crippen LogP contribution in [0, 0.1) is 5.92 Å². The Kier molecular flexibility index (Phi) is 4.89. The molecule has 0 fully saturated rings. The number of hydrogen-bond donors (Lipinski definition) is 1. The van der Waals surface area contributed by atoms with Gasteiger partial charge < -0.3 is 9.88 Å². The van der Waals surface area contributed by atoms with Crippen molar-refractivity contribution < 1.29 is 0 Å². The molecule has 1 rings (SSSR count). The summed E-state index contributed by atoms with van der Waals surface area (Å²) in [5, 5.41) is 3.26. The molecule has 0 aromatic carbocycles. The summed E-state index contributed by atoms with van der Waals surface area (Å²) in [5.74, 6) is 0.816. The van der Waals surface area contributed by atoms with Gasteiger partial charge in [0, 0.05) is 25.0 Å². The van der Waals surface area contributed by atoms with Gasteiger partial charge in [-0.25, -0.2) is 0 Å². The minimum Gasteiger partial charge on any atom is -0.354 e. The molecule has 2 nitrogen and oxygen atoms in total. The van der Waals surface area contributed by atoms with Crippen LogP contribution < -0.4 is 5.32 Å². The van der Waals surface area contributed by atoms with Crippen molar-refractivity contribution in [2.24, 2.45) is 5.92 Å². The summed E-state index contributed by atoms with van der Waals surface area (Å²) in [6.45, 7) is 7.90. The van der Waals surface area contributed by atoms with Gasteiger partial charge in [0.05, 0.1) is 0 Å². The van der Waals surface area contributed by atoms with Crippen LogP contribution in [0.2, 0.25) is 0 Å². The molecule has 0 aliphatic rings. The SMILES string of the molecule is CNC(C)c1ccn(CCCC(C)C)c1. The molecule has 0 aliphatic heterocycles. The molecule has 15 heavy (non-hydrogen) atoms. The van der Waals surface area contributed by atoms with Gasteiger partial charge in [0.1, 0.15) is 0 Å². The highest BCUT2D eigenvalue weighted by molar-refractivity contribution is 5.14. The average Bonchev–Trinajstić information content (AvgIpc) is 2.65. The fourth-order valence-electron chi connectivity index (χ4n) is 1.70. The normalized spacial score (nSPS) is 13.4. The molecule has 1 aromatic rings. The molecule has 1 aromatic heterocycles. The lowest BCUT2D eigenvalue weighted by Crippen LogP contribution is -2.11. The second-order valence-corrected chi connectivity index (χ2v) is 4.73. The van der Waals surface area contributed by atoms with Gasteiger partial charge in [0.2, 0.25) is 0 Å². The summed E-state index contributed by atoms with van der Waals surface area (Å²) < 4.78 is 2.30. The molecule has 0 bridgehead atoms. The first-order valence-corrected chi connectivity index (χ1v) is 5.96. The maximum absolute atomic E-state index is 3.26. The van der Waals surface area contributed by atoms with Crippen LogP contribution in [0.5, 0.6) is 0 Å². The van der Waals surface area contributed by atoms with E-state index in [0.29, 0.717) is 6.04 Å². The van der Waals surface area contributed by atoms with E-state index < -0.39 is 0 Å². The summed E-state index contributed by atoms with van der Waals surface area (Å²) >= 11 is 0. The van der Waals surface area contributed by atoms with Crippen molar-refractivity contribution >= 4 is 0 Å². The van der Waals surface area contributed by atoms with Crippen LogP contribution in [0.1, 0.15) is 45.2 Å². The van der Waals surface area contributed by atoms with Crippen molar-refractivity contribution in [3.63, 3.8) is 0 Å². The Bertz CT molecular complexity index is 276. The Morgan fingerprint density at radius 2 is 2.07 bits per heavy atom. The summed E-state index contributed by atoms with van der Waals surface area (Å²) in [4.78, 5) is 0. The fourth-order valence-corrected chi connectivity index (χ4v) is 1.70. The number of nitrogens with zero attached hydrogens (tertiary/aromatic N) is 1. The maximum atomic E-state index is 3.26. The van der Waals surface area contributed by atoms with Gasteiger partial charge in [-0.15, -0.1) is 0 Å². The van der Waals surface area contributed by atoms with Gasteiger partial charge in [0.25, 0.3) is 0 Å². The Labute approximate surface area is 93.7 Å². The van der Waals surface area contributed by atoms with E-state index in [1.807, 2.05) is 7.05 Å². The molecule has 0 radical (unpaired) electrons. The van der Waals surface area contributed by atoms with Crippen molar-refractivity contribution in [3.05, 3.63) is 24.0 Å². The minimum absolute atomic E-state index is 0.455. The molecule has 1 heterocycles. The number of nitrogens with one attached hydrogen (secondary N) is 1. The molecular weight excluding hydrogens is 184 g/mol. The zero-order chi connectivity index (χ0) is 11.3. The van der Waals surface area contributed by atoms with Crippen LogP contribution in [0.3, 0.4) is 0 Å². The van der Waals surface area contributed by atoms with Gasteiger partial charge in [0.15, 0.2) is 0 Å². The van der Waals surface area contributed by atoms with Gasteiger partial charge in [-0.3, -0.25) is 0 Å². The van der Waals surface area contributed by atoms with Crippen LogP contribution in [0.15, 0.2) is 18.5 Å². The van der Waals surface area contributed by atoms with E-state index in [4.69, 9.17) is 0 Å². The lowest BCUT2D eigenvalue weighted by Gasteiger charge is -2.08. The molecule has 0 amide bonds. The lowest BCUT2D eigenvalue weighted by molar-refractivity contribution is 0.512. The highest BCUT2D eigenvalue weighted by Gasteiger charge is 2.03. The molecule has 2 heteroatoms. The molecule has 1 N–H and O–H groups in total. The largest absolute Gasteiger partial charge is 0.354 e. The molecule has 1 atom stereocenters. The van der Waals surface area contributed by atoms with E-state index in [0.717, 1.165) is 12.5 Å². The zero-order valence-electron chi connectivity index (χ0n) is 10.5. The van der Waals surface area contributed by atoms with Crippen LogP contribution in [-0.2, 0) is 6.54 Å². The second-order valence-electron chi connectivity index (χ2n) is 4.73. The van der Waals surface area contributed by atoms with Crippen molar-refractivity contribution in [2.75, 3.05) is 7.05 Å². The molecule has 0 saturated heterocycles. The van der Waals surface area contributed by atoms with Gasteiger partial charge >= 0.3 is 0 Å². The Balaban J connectivity index is 2.39.